The summed E-state index contributed by atoms with van der Waals surface area (Å²) in [6.45, 7) is 4.80. The van der Waals surface area contributed by atoms with Gasteiger partial charge in [-0.05, 0) is 30.9 Å². The second kappa shape index (κ2) is 3.65. The molecule has 1 aliphatic rings. The van der Waals surface area contributed by atoms with Crippen LogP contribution in [0.15, 0.2) is 11.4 Å². The Hall–Kier alpha value is -0.380. The number of aryl methyl sites for hydroxylation is 1. The summed E-state index contributed by atoms with van der Waals surface area (Å²) in [5.41, 5.74) is 0.459. The fraction of sp³-hybridized carbons (Fsp3) is 0.636. The number of hydrogen-bond donors (Lipinski definition) is 1. The van der Waals surface area contributed by atoms with Crippen LogP contribution in [0.2, 0.25) is 0 Å². The van der Waals surface area contributed by atoms with Crippen molar-refractivity contribution in [2.45, 2.75) is 38.4 Å². The molecule has 1 aliphatic carbocycles. The van der Waals surface area contributed by atoms with Gasteiger partial charge in [0.05, 0.1) is 11.7 Å². The lowest BCUT2D eigenvalue weighted by molar-refractivity contribution is -0.142. The lowest BCUT2D eigenvalue weighted by Gasteiger charge is -2.42. The minimum atomic E-state index is -0.607. The van der Waals surface area contributed by atoms with Crippen molar-refractivity contribution >= 4 is 11.3 Å². The number of rotatable bonds is 3. The van der Waals surface area contributed by atoms with E-state index < -0.39 is 5.60 Å². The molecule has 0 spiro atoms. The normalized spacial score (nSPS) is 31.5. The fourth-order valence-corrected chi connectivity index (χ4v) is 2.77. The molecule has 14 heavy (non-hydrogen) atoms. The Morgan fingerprint density at radius 2 is 2.36 bits per heavy atom. The summed E-state index contributed by atoms with van der Waals surface area (Å²) in [5.74, 6) is 0. The Bertz CT molecular complexity index is 313. The van der Waals surface area contributed by atoms with Crippen molar-refractivity contribution in [3.8, 4) is 0 Å². The van der Waals surface area contributed by atoms with E-state index in [2.05, 4.69) is 18.4 Å². The Kier molecular flexibility index (Phi) is 2.64. The zero-order valence-corrected chi connectivity index (χ0v) is 9.43. The molecular weight excluding hydrogens is 196 g/mol. The first-order valence-electron chi connectivity index (χ1n) is 5.03. The molecule has 0 aromatic carbocycles. The number of aliphatic hydroxyl groups is 1. The van der Waals surface area contributed by atoms with Gasteiger partial charge in [0.15, 0.2) is 0 Å². The highest BCUT2D eigenvalue weighted by atomic mass is 32.1. The van der Waals surface area contributed by atoms with Gasteiger partial charge >= 0.3 is 0 Å². The summed E-state index contributed by atoms with van der Waals surface area (Å²) in [7, 11) is 0. The lowest BCUT2D eigenvalue weighted by Crippen LogP contribution is -2.45. The molecule has 0 unspecified atom stereocenters. The monoisotopic (exact) mass is 212 g/mol. The molecule has 0 bridgehead atoms. The van der Waals surface area contributed by atoms with E-state index in [4.69, 9.17) is 4.74 Å². The van der Waals surface area contributed by atoms with Gasteiger partial charge in [0, 0.05) is 24.3 Å². The van der Waals surface area contributed by atoms with Crippen LogP contribution in [0.4, 0.5) is 0 Å². The molecule has 78 valence electrons. The van der Waals surface area contributed by atoms with Crippen molar-refractivity contribution in [2.75, 3.05) is 6.61 Å². The van der Waals surface area contributed by atoms with Gasteiger partial charge < -0.3 is 9.84 Å². The summed E-state index contributed by atoms with van der Waals surface area (Å²) in [6, 6.07) is 2.08. The lowest BCUT2D eigenvalue weighted by atomic mass is 9.73. The third-order valence-electron chi connectivity index (χ3n) is 2.80. The van der Waals surface area contributed by atoms with Crippen LogP contribution in [0.3, 0.4) is 0 Å². The van der Waals surface area contributed by atoms with Gasteiger partial charge in [-0.1, -0.05) is 0 Å². The molecule has 0 amide bonds. The molecule has 3 heteroatoms. The molecule has 1 N–H and O–H groups in total. The first-order chi connectivity index (χ1) is 6.64. The molecule has 1 saturated carbocycles. The van der Waals surface area contributed by atoms with Crippen molar-refractivity contribution in [1.82, 2.24) is 0 Å². The maximum atomic E-state index is 10.2. The molecule has 1 fully saturated rings. The van der Waals surface area contributed by atoms with Crippen LogP contribution >= 0.6 is 11.3 Å². The first kappa shape index (κ1) is 10.1. The number of hydrogen-bond acceptors (Lipinski definition) is 3. The van der Waals surface area contributed by atoms with E-state index in [1.807, 2.05) is 6.92 Å². The zero-order chi connectivity index (χ0) is 10.2. The third kappa shape index (κ3) is 1.72. The van der Waals surface area contributed by atoms with Gasteiger partial charge in [-0.25, -0.2) is 0 Å². The van der Waals surface area contributed by atoms with Gasteiger partial charge in [-0.15, -0.1) is 11.3 Å². The van der Waals surface area contributed by atoms with Crippen LogP contribution in [0, 0.1) is 6.92 Å². The largest absolute Gasteiger partial charge is 0.385 e. The Morgan fingerprint density at radius 1 is 1.64 bits per heavy atom. The van der Waals surface area contributed by atoms with E-state index in [1.165, 1.54) is 4.88 Å². The van der Waals surface area contributed by atoms with E-state index >= 15 is 0 Å². The predicted octanol–water partition coefficient (Wildman–Crippen LogP) is 2.44. The van der Waals surface area contributed by atoms with Gasteiger partial charge in [0.2, 0.25) is 0 Å². The van der Waals surface area contributed by atoms with E-state index in [1.54, 1.807) is 11.3 Å². The third-order valence-corrected chi connectivity index (χ3v) is 3.66. The first-order valence-corrected chi connectivity index (χ1v) is 5.91. The van der Waals surface area contributed by atoms with Crippen LogP contribution < -0.4 is 0 Å². The second-order valence-corrected chi connectivity index (χ2v) is 5.08. The second-order valence-electron chi connectivity index (χ2n) is 3.96. The molecule has 0 atom stereocenters. The Labute approximate surface area is 88.5 Å². The van der Waals surface area contributed by atoms with Crippen molar-refractivity contribution in [3.63, 3.8) is 0 Å². The number of ether oxygens (including phenoxy) is 1. The molecular formula is C11H16O2S. The molecule has 0 saturated heterocycles. The van der Waals surface area contributed by atoms with E-state index in [0.29, 0.717) is 0 Å². The molecule has 2 nitrogen and oxygen atoms in total. The standard InChI is InChI=1S/C11H16O2S/c1-3-13-10-5-11(12,6-10)9-4-8(2)14-7-9/h4,7,10,12H,3,5-6H2,1-2H3. The molecule has 1 heterocycles. The molecule has 0 aliphatic heterocycles. The fourth-order valence-electron chi connectivity index (χ4n) is 1.97. The summed E-state index contributed by atoms with van der Waals surface area (Å²) < 4.78 is 5.44. The molecule has 1 aromatic heterocycles. The van der Waals surface area contributed by atoms with Crippen molar-refractivity contribution in [3.05, 3.63) is 21.9 Å². The van der Waals surface area contributed by atoms with Crippen molar-refractivity contribution in [2.24, 2.45) is 0 Å². The smallest absolute Gasteiger partial charge is 0.0954 e. The average molecular weight is 212 g/mol. The predicted molar refractivity (Wildman–Crippen MR) is 57.6 cm³/mol. The van der Waals surface area contributed by atoms with E-state index in [9.17, 15) is 5.11 Å². The van der Waals surface area contributed by atoms with Crippen molar-refractivity contribution < 1.29 is 9.84 Å². The average Bonchev–Trinajstić information content (AvgIpc) is 2.49. The van der Waals surface area contributed by atoms with Gasteiger partial charge in [0.1, 0.15) is 0 Å². The van der Waals surface area contributed by atoms with E-state index in [0.717, 1.165) is 25.0 Å². The molecule has 0 radical (unpaired) electrons. The summed E-state index contributed by atoms with van der Waals surface area (Å²) in [4.78, 5) is 1.26. The number of thiophene rings is 1. The van der Waals surface area contributed by atoms with E-state index in [-0.39, 0.29) is 6.10 Å². The Balaban J connectivity index is 2.00. The molecule has 1 aromatic rings. The van der Waals surface area contributed by atoms with Gasteiger partial charge in [0.25, 0.3) is 0 Å². The highest BCUT2D eigenvalue weighted by Gasteiger charge is 2.44. The van der Waals surface area contributed by atoms with Crippen LogP contribution in [0.1, 0.15) is 30.2 Å². The van der Waals surface area contributed by atoms with Gasteiger partial charge in [-0.3, -0.25) is 0 Å². The van der Waals surface area contributed by atoms with Crippen molar-refractivity contribution in [1.29, 1.82) is 0 Å². The SMILES string of the molecule is CCOC1CC(O)(c2csc(C)c2)C1. The zero-order valence-electron chi connectivity index (χ0n) is 8.62. The maximum Gasteiger partial charge on any atom is 0.0954 e. The summed E-state index contributed by atoms with van der Waals surface area (Å²) in [5, 5.41) is 12.3. The summed E-state index contributed by atoms with van der Waals surface area (Å²) >= 11 is 1.69. The maximum absolute atomic E-state index is 10.2. The van der Waals surface area contributed by atoms with Crippen LogP contribution in [-0.4, -0.2) is 17.8 Å². The molecule has 2 rings (SSSR count). The highest BCUT2D eigenvalue weighted by Crippen LogP contribution is 2.44. The Morgan fingerprint density at radius 3 is 2.86 bits per heavy atom. The minimum Gasteiger partial charge on any atom is -0.385 e. The van der Waals surface area contributed by atoms with Crippen LogP contribution in [-0.2, 0) is 10.3 Å². The highest BCUT2D eigenvalue weighted by molar-refractivity contribution is 7.10. The quantitative estimate of drug-likeness (QED) is 0.834. The van der Waals surface area contributed by atoms with Crippen LogP contribution in [0.5, 0.6) is 0 Å². The summed E-state index contributed by atoms with van der Waals surface area (Å²) in [6.07, 6.45) is 1.75. The van der Waals surface area contributed by atoms with Crippen LogP contribution in [0.25, 0.3) is 0 Å². The topological polar surface area (TPSA) is 29.5 Å². The minimum absolute atomic E-state index is 0.255. The van der Waals surface area contributed by atoms with Gasteiger partial charge in [-0.2, -0.15) is 0 Å².